The molecule has 0 spiro atoms. The third kappa shape index (κ3) is 3.09. The molecule has 0 aromatic carbocycles. The average Bonchev–Trinajstić information content (AvgIpc) is 3.32. The Morgan fingerprint density at radius 3 is 2.86 bits per heavy atom. The Morgan fingerprint density at radius 2 is 2.18 bits per heavy atom. The topological polar surface area (TPSA) is 95.4 Å². The number of aliphatic imine (C=N–C) groups is 1. The highest BCUT2D eigenvalue weighted by molar-refractivity contribution is 7.18. The summed E-state index contributed by atoms with van der Waals surface area (Å²) in [4.78, 5) is 33.8. The summed E-state index contributed by atoms with van der Waals surface area (Å²) in [6.45, 7) is 3.41. The van der Waals surface area contributed by atoms with Crippen molar-refractivity contribution in [2.24, 2.45) is 4.99 Å². The molecule has 148 valence electrons. The summed E-state index contributed by atoms with van der Waals surface area (Å²) in [5.41, 5.74) is 0.261. The molecule has 0 unspecified atom stereocenters. The van der Waals surface area contributed by atoms with Crippen molar-refractivity contribution >= 4 is 27.5 Å². The van der Waals surface area contributed by atoms with E-state index in [9.17, 15) is 14.0 Å². The molecule has 1 N–H and O–H groups in total. The van der Waals surface area contributed by atoms with E-state index < -0.39 is 6.67 Å². The van der Waals surface area contributed by atoms with E-state index in [1.165, 1.54) is 15.9 Å². The fourth-order valence-corrected chi connectivity index (χ4v) is 4.94. The summed E-state index contributed by atoms with van der Waals surface area (Å²) in [7, 11) is 0. The number of alkyl halides is 1. The van der Waals surface area contributed by atoms with Crippen molar-refractivity contribution in [1.29, 1.82) is 5.26 Å². The molecule has 8 nitrogen and oxygen atoms in total. The highest BCUT2D eigenvalue weighted by Gasteiger charge is 2.30. The molecule has 1 fully saturated rings. The number of nitrogens with one attached hydrogen (secondary N) is 1. The third-order valence-corrected chi connectivity index (χ3v) is 6.50. The normalized spacial score (nSPS) is 16.5. The van der Waals surface area contributed by atoms with E-state index in [0.29, 0.717) is 35.8 Å². The van der Waals surface area contributed by atoms with Crippen LogP contribution in [0.2, 0.25) is 0 Å². The zero-order valence-electron chi connectivity index (χ0n) is 15.6. The van der Waals surface area contributed by atoms with Crippen molar-refractivity contribution in [2.75, 3.05) is 19.8 Å². The van der Waals surface area contributed by atoms with Gasteiger partial charge in [-0.05, 0) is 31.7 Å². The molecule has 2 aliphatic rings. The van der Waals surface area contributed by atoms with Crippen LogP contribution in [0, 0.1) is 18.4 Å². The van der Waals surface area contributed by atoms with Gasteiger partial charge in [0.1, 0.15) is 4.83 Å². The van der Waals surface area contributed by atoms with Gasteiger partial charge in [-0.25, -0.2) is 4.79 Å². The first-order valence-electron chi connectivity index (χ1n) is 9.34. The predicted molar refractivity (Wildman–Crippen MR) is 105 cm³/mol. The van der Waals surface area contributed by atoms with Gasteiger partial charge in [0.2, 0.25) is 5.96 Å². The molecular weight excluding hydrogens is 383 g/mol. The van der Waals surface area contributed by atoms with E-state index in [-0.39, 0.29) is 30.3 Å². The van der Waals surface area contributed by atoms with Crippen LogP contribution in [0.4, 0.5) is 4.39 Å². The first-order chi connectivity index (χ1) is 13.6. The highest BCUT2D eigenvalue weighted by atomic mass is 32.1. The Morgan fingerprint density at radius 1 is 1.39 bits per heavy atom. The molecule has 0 atom stereocenters. The lowest BCUT2D eigenvalue weighted by molar-refractivity contribution is 0.440. The van der Waals surface area contributed by atoms with E-state index in [1.807, 2.05) is 18.0 Å². The molecule has 4 rings (SSSR count). The van der Waals surface area contributed by atoms with Gasteiger partial charge in [-0.2, -0.15) is 5.26 Å². The van der Waals surface area contributed by atoms with Crippen molar-refractivity contribution in [1.82, 2.24) is 19.4 Å². The molecule has 2 aromatic rings. The number of nitrogens with zero attached hydrogens (tertiary/aromatic N) is 5. The number of nitriles is 1. The molecule has 3 heterocycles. The van der Waals surface area contributed by atoms with Crippen molar-refractivity contribution in [3.63, 3.8) is 0 Å². The van der Waals surface area contributed by atoms with Crippen molar-refractivity contribution in [3.05, 3.63) is 31.3 Å². The first-order valence-corrected chi connectivity index (χ1v) is 10.2. The number of aromatic nitrogens is 2. The van der Waals surface area contributed by atoms with Crippen LogP contribution in [0.15, 0.2) is 14.6 Å². The second-order valence-electron chi connectivity index (χ2n) is 7.08. The van der Waals surface area contributed by atoms with E-state index in [2.05, 4.69) is 10.3 Å². The van der Waals surface area contributed by atoms with Crippen molar-refractivity contribution < 1.29 is 4.39 Å². The van der Waals surface area contributed by atoms with Gasteiger partial charge in [0.25, 0.3) is 5.56 Å². The Labute approximate surface area is 164 Å². The molecule has 28 heavy (non-hydrogen) atoms. The van der Waals surface area contributed by atoms with Gasteiger partial charge in [0.15, 0.2) is 6.19 Å². The summed E-state index contributed by atoms with van der Waals surface area (Å²) in [6, 6.07) is -0.0408. The molecule has 1 aliphatic carbocycles. The van der Waals surface area contributed by atoms with Crippen LogP contribution in [0.3, 0.4) is 0 Å². The Kier molecular flexibility index (Phi) is 4.93. The van der Waals surface area contributed by atoms with Crippen LogP contribution in [0.25, 0.3) is 10.2 Å². The molecule has 10 heteroatoms. The van der Waals surface area contributed by atoms with Crippen molar-refractivity contribution in [3.8, 4) is 6.19 Å². The minimum absolute atomic E-state index is 0.0408. The van der Waals surface area contributed by atoms with Crippen LogP contribution >= 0.6 is 11.3 Å². The molecular formula is C18H21FN6O2S. The van der Waals surface area contributed by atoms with Crippen molar-refractivity contribution in [2.45, 2.75) is 45.3 Å². The largest absolute Gasteiger partial charge is 0.335 e. The Hall–Kier alpha value is -2.67. The quantitative estimate of drug-likeness (QED) is 0.581. The Bertz CT molecular complexity index is 1100. The predicted octanol–water partition coefficient (Wildman–Crippen LogP) is 1.47. The molecule has 0 amide bonds. The number of aryl methyl sites for hydroxylation is 2. The van der Waals surface area contributed by atoms with E-state index in [4.69, 9.17) is 5.26 Å². The Balaban J connectivity index is 1.82. The molecule has 0 saturated heterocycles. The van der Waals surface area contributed by atoms with Crippen LogP contribution in [-0.4, -0.2) is 39.8 Å². The monoisotopic (exact) mass is 404 g/mol. The molecule has 1 aliphatic heterocycles. The number of guanidine groups is 1. The van der Waals surface area contributed by atoms with Crippen LogP contribution in [0.1, 0.15) is 35.7 Å². The molecule has 0 bridgehead atoms. The number of halogens is 1. The lowest BCUT2D eigenvalue weighted by Crippen LogP contribution is -2.39. The molecule has 1 saturated carbocycles. The fourth-order valence-electron chi connectivity index (χ4n) is 3.61. The zero-order valence-corrected chi connectivity index (χ0v) is 16.4. The third-order valence-electron chi connectivity index (χ3n) is 5.20. The van der Waals surface area contributed by atoms with Gasteiger partial charge in [0, 0.05) is 24.0 Å². The lowest BCUT2D eigenvalue weighted by Gasteiger charge is -2.18. The first kappa shape index (κ1) is 18.7. The second-order valence-corrected chi connectivity index (χ2v) is 8.16. The van der Waals surface area contributed by atoms with Crippen LogP contribution in [0.5, 0.6) is 0 Å². The zero-order chi connectivity index (χ0) is 19.8. The SMILES string of the molecule is Cc1c(CN2CCN=C2NC#N)sc2c1c(=O)n(C1CC1)c(=O)n2CCCF. The average molecular weight is 404 g/mol. The van der Waals surface area contributed by atoms with E-state index >= 15 is 0 Å². The highest BCUT2D eigenvalue weighted by Crippen LogP contribution is 2.34. The van der Waals surface area contributed by atoms with Gasteiger partial charge in [-0.15, -0.1) is 11.3 Å². The standard InChI is InChI=1S/C18H21FN6O2S/c1-11-13(9-23-8-6-21-17(23)22-10-20)28-16-14(11)15(26)25(12-3-4-12)18(27)24(16)7-2-5-19/h12H,2-9H2,1H3,(H,21,22). The van der Waals surface area contributed by atoms with Gasteiger partial charge >= 0.3 is 5.69 Å². The van der Waals surface area contributed by atoms with E-state index in [1.54, 1.807) is 4.57 Å². The van der Waals surface area contributed by atoms with Gasteiger partial charge < -0.3 is 4.90 Å². The molecule has 0 radical (unpaired) electrons. The van der Waals surface area contributed by atoms with Gasteiger partial charge in [-0.1, -0.05) is 0 Å². The smallest absolute Gasteiger partial charge is 0.332 e. The maximum Gasteiger partial charge on any atom is 0.332 e. The maximum atomic E-state index is 13.1. The lowest BCUT2D eigenvalue weighted by atomic mass is 10.2. The fraction of sp³-hybridized carbons (Fsp3) is 0.556. The van der Waals surface area contributed by atoms with Gasteiger partial charge in [0.05, 0.1) is 25.2 Å². The molecule has 2 aromatic heterocycles. The van der Waals surface area contributed by atoms with Crippen LogP contribution in [-0.2, 0) is 13.1 Å². The number of thiophene rings is 1. The van der Waals surface area contributed by atoms with Crippen LogP contribution < -0.4 is 16.6 Å². The number of rotatable bonds is 6. The maximum absolute atomic E-state index is 13.1. The van der Waals surface area contributed by atoms with Gasteiger partial charge in [-0.3, -0.25) is 28.6 Å². The number of fused-ring (bicyclic) bond motifs is 1. The summed E-state index contributed by atoms with van der Waals surface area (Å²) >= 11 is 1.40. The minimum Gasteiger partial charge on any atom is -0.335 e. The summed E-state index contributed by atoms with van der Waals surface area (Å²) < 4.78 is 15.7. The minimum atomic E-state index is -0.513. The number of hydrogen-bond donors (Lipinski definition) is 1. The summed E-state index contributed by atoms with van der Waals surface area (Å²) in [5, 5.41) is 12.0. The second kappa shape index (κ2) is 7.39. The summed E-state index contributed by atoms with van der Waals surface area (Å²) in [6.07, 6.45) is 3.78. The van der Waals surface area contributed by atoms with E-state index in [0.717, 1.165) is 23.3 Å². The summed E-state index contributed by atoms with van der Waals surface area (Å²) in [5.74, 6) is 0.518. The number of hydrogen-bond acceptors (Lipinski definition) is 7.